The Labute approximate surface area is 62.1 Å². The standard InChI is InChI=1S/C8H15NO/c1-10-8-4-2-7(6-9)3-5-8/h6,8H,2-5,9H2,1H3. The maximum Gasteiger partial charge on any atom is 0.0577 e. The number of ether oxygens (including phenoxy) is 1. The second-order valence-corrected chi connectivity index (χ2v) is 2.76. The smallest absolute Gasteiger partial charge is 0.0577 e. The van der Waals surface area contributed by atoms with Crippen LogP contribution in [0.3, 0.4) is 0 Å². The van der Waals surface area contributed by atoms with Crippen LogP contribution in [0, 0.1) is 0 Å². The summed E-state index contributed by atoms with van der Waals surface area (Å²) in [5.74, 6) is 0. The highest BCUT2D eigenvalue weighted by molar-refractivity contribution is 5.03. The fourth-order valence-corrected chi connectivity index (χ4v) is 1.36. The van der Waals surface area contributed by atoms with Gasteiger partial charge in [0.25, 0.3) is 0 Å². The lowest BCUT2D eigenvalue weighted by Crippen LogP contribution is -2.15. The molecule has 1 saturated carbocycles. The minimum absolute atomic E-state index is 0.476. The first-order chi connectivity index (χ1) is 4.86. The zero-order valence-electron chi connectivity index (χ0n) is 6.47. The SMILES string of the molecule is COC1CCC(=CN)CC1. The molecule has 0 aliphatic heterocycles. The van der Waals surface area contributed by atoms with Gasteiger partial charge in [-0.2, -0.15) is 0 Å². The van der Waals surface area contributed by atoms with Gasteiger partial charge in [0.05, 0.1) is 6.10 Å². The Hall–Kier alpha value is -0.500. The Morgan fingerprint density at radius 2 is 2.10 bits per heavy atom. The van der Waals surface area contributed by atoms with E-state index in [9.17, 15) is 0 Å². The molecule has 0 bridgehead atoms. The van der Waals surface area contributed by atoms with E-state index in [1.807, 2.05) is 0 Å². The van der Waals surface area contributed by atoms with Crippen LogP contribution in [-0.2, 0) is 4.74 Å². The van der Waals surface area contributed by atoms with Crippen molar-refractivity contribution in [2.45, 2.75) is 31.8 Å². The first-order valence-corrected chi connectivity index (χ1v) is 3.79. The van der Waals surface area contributed by atoms with Crippen LogP contribution in [0.2, 0.25) is 0 Å². The van der Waals surface area contributed by atoms with Crippen molar-refractivity contribution in [2.24, 2.45) is 5.73 Å². The molecule has 2 nitrogen and oxygen atoms in total. The summed E-state index contributed by atoms with van der Waals surface area (Å²) in [6.45, 7) is 0. The maximum absolute atomic E-state index is 5.39. The molecular weight excluding hydrogens is 126 g/mol. The molecule has 0 unspecified atom stereocenters. The van der Waals surface area contributed by atoms with Crippen molar-refractivity contribution in [3.05, 3.63) is 11.8 Å². The van der Waals surface area contributed by atoms with E-state index in [0.29, 0.717) is 6.10 Å². The molecule has 0 amide bonds. The Bertz CT molecular complexity index is 121. The van der Waals surface area contributed by atoms with E-state index in [4.69, 9.17) is 10.5 Å². The first-order valence-electron chi connectivity index (χ1n) is 3.79. The molecule has 0 aromatic heterocycles. The third-order valence-electron chi connectivity index (χ3n) is 2.14. The monoisotopic (exact) mass is 141 g/mol. The van der Waals surface area contributed by atoms with Crippen LogP contribution in [0.5, 0.6) is 0 Å². The molecule has 1 aliphatic carbocycles. The average molecular weight is 141 g/mol. The fourth-order valence-electron chi connectivity index (χ4n) is 1.36. The molecule has 0 aromatic rings. The largest absolute Gasteiger partial charge is 0.405 e. The number of methoxy groups -OCH3 is 1. The van der Waals surface area contributed by atoms with Crippen LogP contribution < -0.4 is 5.73 Å². The van der Waals surface area contributed by atoms with Crippen LogP contribution in [-0.4, -0.2) is 13.2 Å². The van der Waals surface area contributed by atoms with Crippen LogP contribution in [0.15, 0.2) is 11.8 Å². The van der Waals surface area contributed by atoms with Crippen molar-refractivity contribution in [3.8, 4) is 0 Å². The summed E-state index contributed by atoms with van der Waals surface area (Å²) in [7, 11) is 1.78. The van der Waals surface area contributed by atoms with Gasteiger partial charge in [-0.25, -0.2) is 0 Å². The van der Waals surface area contributed by atoms with E-state index in [1.165, 1.54) is 5.57 Å². The van der Waals surface area contributed by atoms with Crippen LogP contribution in [0.4, 0.5) is 0 Å². The quantitative estimate of drug-likeness (QED) is 0.599. The molecule has 58 valence electrons. The summed E-state index contributed by atoms with van der Waals surface area (Å²) in [6, 6.07) is 0. The highest BCUT2D eigenvalue weighted by atomic mass is 16.5. The third-order valence-corrected chi connectivity index (χ3v) is 2.14. The summed E-state index contributed by atoms with van der Waals surface area (Å²) in [4.78, 5) is 0. The van der Waals surface area contributed by atoms with Gasteiger partial charge in [-0.05, 0) is 31.9 Å². The van der Waals surface area contributed by atoms with E-state index < -0.39 is 0 Å². The molecule has 0 saturated heterocycles. The molecule has 1 fully saturated rings. The number of hydrogen-bond donors (Lipinski definition) is 1. The summed E-state index contributed by atoms with van der Waals surface area (Å²) in [5, 5.41) is 0. The van der Waals surface area contributed by atoms with E-state index in [1.54, 1.807) is 13.3 Å². The minimum Gasteiger partial charge on any atom is -0.405 e. The molecule has 0 heterocycles. The van der Waals surface area contributed by atoms with Crippen LogP contribution in [0.25, 0.3) is 0 Å². The molecular formula is C8H15NO. The first kappa shape index (κ1) is 7.61. The topological polar surface area (TPSA) is 35.2 Å². The molecule has 1 rings (SSSR count). The van der Waals surface area contributed by atoms with Crippen molar-refractivity contribution < 1.29 is 4.74 Å². The normalized spacial score (nSPS) is 26.5. The molecule has 10 heavy (non-hydrogen) atoms. The zero-order valence-corrected chi connectivity index (χ0v) is 6.47. The van der Waals surface area contributed by atoms with Gasteiger partial charge in [-0.15, -0.1) is 0 Å². The minimum atomic E-state index is 0.476. The van der Waals surface area contributed by atoms with Crippen molar-refractivity contribution in [1.29, 1.82) is 0 Å². The second-order valence-electron chi connectivity index (χ2n) is 2.76. The maximum atomic E-state index is 5.39. The van der Waals surface area contributed by atoms with Gasteiger partial charge in [0.15, 0.2) is 0 Å². The lowest BCUT2D eigenvalue weighted by Gasteiger charge is -2.21. The summed E-state index contributed by atoms with van der Waals surface area (Å²) in [6.07, 6.45) is 6.73. The Balaban J connectivity index is 2.31. The molecule has 0 aromatic carbocycles. The lowest BCUT2D eigenvalue weighted by atomic mass is 9.93. The van der Waals surface area contributed by atoms with Crippen LogP contribution >= 0.6 is 0 Å². The van der Waals surface area contributed by atoms with E-state index >= 15 is 0 Å². The Morgan fingerprint density at radius 3 is 2.50 bits per heavy atom. The summed E-state index contributed by atoms with van der Waals surface area (Å²) < 4.78 is 5.22. The highest BCUT2D eigenvalue weighted by Crippen LogP contribution is 2.23. The zero-order chi connectivity index (χ0) is 7.40. The number of nitrogens with two attached hydrogens (primary N) is 1. The molecule has 2 N–H and O–H groups in total. The van der Waals surface area contributed by atoms with Crippen LogP contribution in [0.1, 0.15) is 25.7 Å². The van der Waals surface area contributed by atoms with Crippen molar-refractivity contribution in [3.63, 3.8) is 0 Å². The lowest BCUT2D eigenvalue weighted by molar-refractivity contribution is 0.0801. The molecule has 0 radical (unpaired) electrons. The second kappa shape index (κ2) is 3.62. The van der Waals surface area contributed by atoms with E-state index in [-0.39, 0.29) is 0 Å². The Morgan fingerprint density at radius 1 is 1.50 bits per heavy atom. The van der Waals surface area contributed by atoms with E-state index in [0.717, 1.165) is 25.7 Å². The predicted molar refractivity (Wildman–Crippen MR) is 41.5 cm³/mol. The number of hydrogen-bond acceptors (Lipinski definition) is 2. The molecule has 2 heteroatoms. The van der Waals surface area contributed by atoms with Gasteiger partial charge in [0.2, 0.25) is 0 Å². The number of rotatable bonds is 1. The fraction of sp³-hybridized carbons (Fsp3) is 0.750. The van der Waals surface area contributed by atoms with Crippen molar-refractivity contribution >= 4 is 0 Å². The third kappa shape index (κ3) is 1.74. The van der Waals surface area contributed by atoms with Gasteiger partial charge in [-0.1, -0.05) is 5.57 Å². The summed E-state index contributed by atoms with van der Waals surface area (Å²) in [5.41, 5.74) is 6.77. The van der Waals surface area contributed by atoms with Gasteiger partial charge < -0.3 is 10.5 Å². The Kier molecular flexibility index (Phi) is 2.75. The van der Waals surface area contributed by atoms with E-state index in [2.05, 4.69) is 0 Å². The van der Waals surface area contributed by atoms with Crippen molar-refractivity contribution in [1.82, 2.24) is 0 Å². The van der Waals surface area contributed by atoms with Gasteiger partial charge >= 0.3 is 0 Å². The number of allylic oxidation sites excluding steroid dienone is 1. The molecule has 1 aliphatic rings. The predicted octanol–water partition coefficient (Wildman–Crippen LogP) is 1.42. The summed E-state index contributed by atoms with van der Waals surface area (Å²) >= 11 is 0. The molecule has 0 spiro atoms. The van der Waals surface area contributed by atoms with Gasteiger partial charge in [0.1, 0.15) is 0 Å². The van der Waals surface area contributed by atoms with Gasteiger partial charge in [0, 0.05) is 7.11 Å². The van der Waals surface area contributed by atoms with Gasteiger partial charge in [-0.3, -0.25) is 0 Å². The highest BCUT2D eigenvalue weighted by Gasteiger charge is 2.14. The van der Waals surface area contributed by atoms with Crippen molar-refractivity contribution in [2.75, 3.05) is 7.11 Å². The molecule has 0 atom stereocenters. The average Bonchev–Trinajstić information content (AvgIpc) is 2.05.